The quantitative estimate of drug-likeness (QED) is 0.524. The molecule has 0 aliphatic heterocycles. The van der Waals surface area contributed by atoms with E-state index < -0.39 is 36.0 Å². The molecule has 0 saturated carbocycles. The van der Waals surface area contributed by atoms with E-state index in [2.05, 4.69) is 16.0 Å². The van der Waals surface area contributed by atoms with Crippen LogP contribution < -0.4 is 20.7 Å². The lowest BCUT2D eigenvalue weighted by molar-refractivity contribution is -0.157. The number of carbonyl (C=O) groups is 4. The lowest BCUT2D eigenvalue weighted by atomic mass is 10.0. The van der Waals surface area contributed by atoms with Crippen LogP contribution in [0.4, 0.5) is 4.79 Å². The van der Waals surface area contributed by atoms with Crippen molar-refractivity contribution in [2.24, 2.45) is 5.92 Å². The van der Waals surface area contributed by atoms with Crippen molar-refractivity contribution in [2.75, 3.05) is 6.61 Å². The highest BCUT2D eigenvalue weighted by Gasteiger charge is 2.29. The van der Waals surface area contributed by atoms with Crippen LogP contribution in [0.25, 0.3) is 0 Å². The number of carbonyl (C=O) groups excluding carboxylic acids is 4. The summed E-state index contributed by atoms with van der Waals surface area (Å²) < 4.78 is 10.5. The van der Waals surface area contributed by atoms with E-state index >= 15 is 0 Å². The number of nitrogens with one attached hydrogen (secondary N) is 3. The van der Waals surface area contributed by atoms with Gasteiger partial charge in [-0.15, -0.1) is 0 Å². The van der Waals surface area contributed by atoms with Gasteiger partial charge in [-0.05, 0) is 57.9 Å². The molecule has 0 radical (unpaired) electrons. The molecular formula is C21H31N3O6. The number of urea groups is 1. The molecule has 0 aliphatic carbocycles. The zero-order chi connectivity index (χ0) is 22.8. The second kappa shape index (κ2) is 11.8. The molecule has 1 aromatic rings. The van der Waals surface area contributed by atoms with Crippen LogP contribution in [-0.4, -0.2) is 48.6 Å². The summed E-state index contributed by atoms with van der Waals surface area (Å²) >= 11 is 0. The molecule has 0 saturated heterocycles. The largest absolute Gasteiger partial charge is 0.494 e. The van der Waals surface area contributed by atoms with E-state index in [1.54, 1.807) is 52.0 Å². The predicted octanol–water partition coefficient (Wildman–Crippen LogP) is 2.01. The number of imide groups is 1. The van der Waals surface area contributed by atoms with E-state index in [0.717, 1.165) is 0 Å². The molecule has 0 spiro atoms. The Morgan fingerprint density at radius 3 is 2.03 bits per heavy atom. The van der Waals surface area contributed by atoms with Crippen molar-refractivity contribution >= 4 is 23.8 Å². The maximum Gasteiger partial charge on any atom is 0.329 e. The van der Waals surface area contributed by atoms with Crippen LogP contribution >= 0.6 is 0 Å². The number of ether oxygens (including phenoxy) is 2. The van der Waals surface area contributed by atoms with Crippen molar-refractivity contribution in [3.8, 4) is 5.75 Å². The molecule has 30 heavy (non-hydrogen) atoms. The lowest BCUT2D eigenvalue weighted by Gasteiger charge is -2.23. The molecule has 0 bridgehead atoms. The van der Waals surface area contributed by atoms with Crippen LogP contribution in [0.1, 0.15) is 51.9 Å². The number of rotatable bonds is 9. The monoisotopic (exact) mass is 421 g/mol. The Morgan fingerprint density at radius 1 is 0.933 bits per heavy atom. The number of esters is 1. The summed E-state index contributed by atoms with van der Waals surface area (Å²) in [5.74, 6) is -1.64. The van der Waals surface area contributed by atoms with E-state index in [4.69, 9.17) is 9.47 Å². The molecule has 3 N–H and O–H groups in total. The third-order valence-corrected chi connectivity index (χ3v) is 3.95. The molecule has 2 atom stereocenters. The Labute approximate surface area is 176 Å². The Hall–Kier alpha value is -3.10. The highest BCUT2D eigenvalue weighted by Crippen LogP contribution is 2.13. The maximum absolute atomic E-state index is 12.5. The SMILES string of the molecule is CCOc1ccc(C(=O)N[C@H](C(=O)O[C@H](C)C(=O)NC(=O)NC(C)C)C(C)C)cc1. The zero-order valence-corrected chi connectivity index (χ0v) is 18.3. The minimum absolute atomic E-state index is 0.154. The average molecular weight is 421 g/mol. The fraction of sp³-hybridized carbons (Fsp3) is 0.524. The van der Waals surface area contributed by atoms with Gasteiger partial charge >= 0.3 is 12.0 Å². The predicted molar refractivity (Wildman–Crippen MR) is 111 cm³/mol. The van der Waals surface area contributed by atoms with Gasteiger partial charge in [-0.2, -0.15) is 0 Å². The number of hydrogen-bond acceptors (Lipinski definition) is 6. The van der Waals surface area contributed by atoms with E-state index in [1.807, 2.05) is 6.92 Å². The standard InChI is InChI=1S/C21H31N3O6/c1-7-29-16-10-8-15(9-11-16)19(26)23-17(12(2)3)20(27)30-14(6)18(25)24-21(28)22-13(4)5/h8-14,17H,7H2,1-6H3,(H,23,26)(H2,22,24,25,28)/t14-,17+/m1/s1. The highest BCUT2D eigenvalue weighted by molar-refractivity contribution is 5.99. The van der Waals surface area contributed by atoms with Crippen LogP contribution in [0.15, 0.2) is 24.3 Å². The summed E-state index contributed by atoms with van der Waals surface area (Å²) in [4.78, 5) is 48.7. The Balaban J connectivity index is 2.72. The average Bonchev–Trinajstić information content (AvgIpc) is 2.65. The summed E-state index contributed by atoms with van der Waals surface area (Å²) in [5, 5.41) is 7.23. The van der Waals surface area contributed by atoms with Gasteiger partial charge in [0.25, 0.3) is 11.8 Å². The van der Waals surface area contributed by atoms with Crippen LogP contribution in [0.3, 0.4) is 0 Å². The summed E-state index contributed by atoms with van der Waals surface area (Å²) in [6.45, 7) is 10.7. The maximum atomic E-state index is 12.5. The van der Waals surface area contributed by atoms with Gasteiger partial charge in [0.1, 0.15) is 11.8 Å². The van der Waals surface area contributed by atoms with Gasteiger partial charge in [-0.1, -0.05) is 13.8 Å². The molecule has 1 aromatic carbocycles. The summed E-state index contributed by atoms with van der Waals surface area (Å²) in [7, 11) is 0. The molecule has 166 valence electrons. The lowest BCUT2D eigenvalue weighted by Crippen LogP contribution is -2.50. The molecule has 0 unspecified atom stereocenters. The van der Waals surface area contributed by atoms with Gasteiger partial charge in [-0.25, -0.2) is 9.59 Å². The molecule has 9 nitrogen and oxygen atoms in total. The van der Waals surface area contributed by atoms with E-state index in [1.165, 1.54) is 6.92 Å². The van der Waals surface area contributed by atoms with E-state index in [-0.39, 0.29) is 12.0 Å². The first-order chi connectivity index (χ1) is 14.0. The van der Waals surface area contributed by atoms with Gasteiger partial charge in [-0.3, -0.25) is 14.9 Å². The first-order valence-corrected chi connectivity index (χ1v) is 9.90. The van der Waals surface area contributed by atoms with Crippen LogP contribution in [0, 0.1) is 5.92 Å². The van der Waals surface area contributed by atoms with Crippen molar-refractivity contribution in [1.29, 1.82) is 0 Å². The Bertz CT molecular complexity index is 746. The van der Waals surface area contributed by atoms with E-state index in [0.29, 0.717) is 17.9 Å². The number of benzene rings is 1. The summed E-state index contributed by atoms with van der Waals surface area (Å²) in [6.07, 6.45) is -1.21. The topological polar surface area (TPSA) is 123 Å². The first-order valence-electron chi connectivity index (χ1n) is 9.90. The molecule has 1 rings (SSSR count). The van der Waals surface area contributed by atoms with Crippen molar-refractivity contribution in [3.63, 3.8) is 0 Å². The van der Waals surface area contributed by atoms with Gasteiger partial charge in [0.15, 0.2) is 6.10 Å². The second-order valence-electron chi connectivity index (χ2n) is 7.35. The molecule has 0 aliphatic rings. The highest BCUT2D eigenvalue weighted by atomic mass is 16.5. The Morgan fingerprint density at radius 2 is 1.53 bits per heavy atom. The van der Waals surface area contributed by atoms with Crippen LogP contribution in [0.5, 0.6) is 5.75 Å². The minimum atomic E-state index is -1.21. The molecule has 9 heteroatoms. The first kappa shape index (κ1) is 24.9. The van der Waals surface area contributed by atoms with Crippen molar-refractivity contribution in [2.45, 2.75) is 59.7 Å². The van der Waals surface area contributed by atoms with Crippen molar-refractivity contribution in [1.82, 2.24) is 16.0 Å². The van der Waals surface area contributed by atoms with Gasteiger partial charge in [0.2, 0.25) is 0 Å². The fourth-order valence-electron chi connectivity index (χ4n) is 2.40. The van der Waals surface area contributed by atoms with Crippen LogP contribution in [0.2, 0.25) is 0 Å². The molecule has 0 aromatic heterocycles. The fourth-order valence-corrected chi connectivity index (χ4v) is 2.40. The van der Waals surface area contributed by atoms with Crippen molar-refractivity contribution < 1.29 is 28.7 Å². The van der Waals surface area contributed by atoms with E-state index in [9.17, 15) is 19.2 Å². The minimum Gasteiger partial charge on any atom is -0.494 e. The normalized spacial score (nSPS) is 12.7. The van der Waals surface area contributed by atoms with Crippen molar-refractivity contribution in [3.05, 3.63) is 29.8 Å². The van der Waals surface area contributed by atoms with Gasteiger partial charge < -0.3 is 20.1 Å². The zero-order valence-electron chi connectivity index (χ0n) is 18.3. The second-order valence-corrected chi connectivity index (χ2v) is 7.35. The molecule has 4 amide bonds. The molecule has 0 fully saturated rings. The number of hydrogen-bond donors (Lipinski definition) is 3. The van der Waals surface area contributed by atoms with Gasteiger partial charge in [0.05, 0.1) is 6.61 Å². The number of amides is 4. The van der Waals surface area contributed by atoms with Crippen LogP contribution in [-0.2, 0) is 14.3 Å². The Kier molecular flexibility index (Phi) is 9.80. The van der Waals surface area contributed by atoms with Gasteiger partial charge in [0, 0.05) is 11.6 Å². The summed E-state index contributed by atoms with van der Waals surface area (Å²) in [6, 6.07) is 4.70. The smallest absolute Gasteiger partial charge is 0.329 e. The molecular weight excluding hydrogens is 390 g/mol. The third kappa shape index (κ3) is 8.10. The molecule has 0 heterocycles. The summed E-state index contributed by atoms with van der Waals surface area (Å²) in [5.41, 5.74) is 0.355. The third-order valence-electron chi connectivity index (χ3n) is 3.95.